The van der Waals surface area contributed by atoms with E-state index in [9.17, 15) is 0 Å². The number of fused-ring (bicyclic) bond motifs is 6. The second-order valence-electron chi connectivity index (χ2n) is 10.3. The third-order valence-electron chi connectivity index (χ3n) is 7.93. The zero-order valence-electron chi connectivity index (χ0n) is 21.4. The predicted octanol–water partition coefficient (Wildman–Crippen LogP) is 10.9. The predicted molar refractivity (Wildman–Crippen MR) is 169 cm³/mol. The minimum atomic E-state index is 1.15. The van der Waals surface area contributed by atoms with Gasteiger partial charge in [-0.3, -0.25) is 0 Å². The average Bonchev–Trinajstić information content (AvgIpc) is 3.00. The van der Waals surface area contributed by atoms with E-state index in [0.717, 1.165) is 17.1 Å². The van der Waals surface area contributed by atoms with E-state index in [2.05, 4.69) is 157 Å². The fourth-order valence-electron chi connectivity index (χ4n) is 5.95. The molecule has 8 aromatic carbocycles. The molecule has 0 saturated carbocycles. The lowest BCUT2D eigenvalue weighted by Crippen LogP contribution is -2.10. The Morgan fingerprint density at radius 3 is 1.23 bits per heavy atom. The zero-order chi connectivity index (χ0) is 25.8. The number of nitrogens with zero attached hydrogens (tertiary/aromatic N) is 1. The van der Waals surface area contributed by atoms with Gasteiger partial charge in [0.25, 0.3) is 0 Å². The quantitative estimate of drug-likeness (QED) is 0.174. The molecule has 39 heavy (non-hydrogen) atoms. The molecule has 182 valence electrons. The van der Waals surface area contributed by atoms with Gasteiger partial charge in [-0.05, 0) is 102 Å². The SMILES string of the molecule is c1ccc2cc(N(c3ccc4ccccc4c3)c3ccc4ccc5cc6ccccc6cc5c4c3)ccc2c1. The van der Waals surface area contributed by atoms with Gasteiger partial charge in [-0.15, -0.1) is 0 Å². The molecule has 0 fully saturated rings. The number of hydrogen-bond acceptors (Lipinski definition) is 1. The molecule has 0 amide bonds. The van der Waals surface area contributed by atoms with Gasteiger partial charge in [-0.1, -0.05) is 103 Å². The summed E-state index contributed by atoms with van der Waals surface area (Å²) in [6.45, 7) is 0. The summed E-state index contributed by atoms with van der Waals surface area (Å²) in [5.74, 6) is 0. The molecular formula is C38H25N. The molecule has 0 atom stereocenters. The van der Waals surface area contributed by atoms with E-state index in [1.165, 1.54) is 53.9 Å². The number of anilines is 3. The van der Waals surface area contributed by atoms with Crippen molar-refractivity contribution in [1.29, 1.82) is 0 Å². The highest BCUT2D eigenvalue weighted by Gasteiger charge is 2.15. The van der Waals surface area contributed by atoms with Gasteiger partial charge in [0.2, 0.25) is 0 Å². The van der Waals surface area contributed by atoms with Crippen LogP contribution in [0.3, 0.4) is 0 Å². The molecule has 0 aliphatic carbocycles. The Bertz CT molecular complexity index is 2110. The molecular weight excluding hydrogens is 470 g/mol. The molecule has 0 unspecified atom stereocenters. The van der Waals surface area contributed by atoms with Crippen molar-refractivity contribution in [3.63, 3.8) is 0 Å². The molecule has 8 rings (SSSR count). The third kappa shape index (κ3) is 3.71. The van der Waals surface area contributed by atoms with E-state index in [1.807, 2.05) is 0 Å². The van der Waals surface area contributed by atoms with Crippen molar-refractivity contribution in [2.75, 3.05) is 4.90 Å². The van der Waals surface area contributed by atoms with Crippen LogP contribution in [0.15, 0.2) is 152 Å². The largest absolute Gasteiger partial charge is 0.310 e. The van der Waals surface area contributed by atoms with E-state index >= 15 is 0 Å². The first-order chi connectivity index (χ1) is 19.3. The maximum Gasteiger partial charge on any atom is 0.0468 e. The van der Waals surface area contributed by atoms with E-state index in [4.69, 9.17) is 0 Å². The summed E-state index contributed by atoms with van der Waals surface area (Å²) in [7, 11) is 0. The van der Waals surface area contributed by atoms with Crippen LogP contribution in [-0.2, 0) is 0 Å². The summed E-state index contributed by atoms with van der Waals surface area (Å²) in [6, 6.07) is 55.3. The molecule has 0 N–H and O–H groups in total. The van der Waals surface area contributed by atoms with Crippen LogP contribution >= 0.6 is 0 Å². The second-order valence-corrected chi connectivity index (χ2v) is 10.3. The highest BCUT2D eigenvalue weighted by Crippen LogP contribution is 2.40. The summed E-state index contributed by atoms with van der Waals surface area (Å²) >= 11 is 0. The minimum absolute atomic E-state index is 1.15. The normalized spacial score (nSPS) is 11.6. The molecule has 0 radical (unpaired) electrons. The van der Waals surface area contributed by atoms with Gasteiger partial charge in [0.15, 0.2) is 0 Å². The Kier molecular flexibility index (Phi) is 4.89. The maximum atomic E-state index is 2.39. The highest BCUT2D eigenvalue weighted by molar-refractivity contribution is 6.13. The molecule has 0 aromatic heterocycles. The number of benzene rings is 8. The minimum Gasteiger partial charge on any atom is -0.310 e. The molecule has 0 bridgehead atoms. The van der Waals surface area contributed by atoms with Crippen molar-refractivity contribution in [1.82, 2.24) is 0 Å². The summed E-state index contributed by atoms with van der Waals surface area (Å²) < 4.78 is 0. The first-order valence-electron chi connectivity index (χ1n) is 13.4. The van der Waals surface area contributed by atoms with Gasteiger partial charge < -0.3 is 4.90 Å². The number of hydrogen-bond donors (Lipinski definition) is 0. The lowest BCUT2D eigenvalue weighted by atomic mass is 9.97. The zero-order valence-corrected chi connectivity index (χ0v) is 21.4. The van der Waals surface area contributed by atoms with Crippen molar-refractivity contribution in [2.24, 2.45) is 0 Å². The third-order valence-corrected chi connectivity index (χ3v) is 7.93. The lowest BCUT2D eigenvalue weighted by molar-refractivity contribution is 1.30. The van der Waals surface area contributed by atoms with E-state index in [-0.39, 0.29) is 0 Å². The van der Waals surface area contributed by atoms with Crippen molar-refractivity contribution >= 4 is 70.9 Å². The maximum absolute atomic E-state index is 2.39. The molecule has 0 spiro atoms. The Morgan fingerprint density at radius 2 is 0.641 bits per heavy atom. The Hall–Kier alpha value is -5.14. The van der Waals surface area contributed by atoms with E-state index < -0.39 is 0 Å². The fourth-order valence-corrected chi connectivity index (χ4v) is 5.95. The standard InChI is InChI=1S/C38H25N/c1-3-10-30-22-34(18-15-26(30)7-1)39(35-19-16-27-8-2-4-11-31(27)23-35)36-20-17-28-13-14-33-21-29-9-5-6-12-32(29)24-37(33)38(28)25-36/h1-25H. The lowest BCUT2D eigenvalue weighted by Gasteiger charge is -2.27. The molecule has 0 saturated heterocycles. The first kappa shape index (κ1) is 21.9. The van der Waals surface area contributed by atoms with Crippen LogP contribution in [0.1, 0.15) is 0 Å². The molecule has 8 aromatic rings. The van der Waals surface area contributed by atoms with Crippen LogP contribution in [0.5, 0.6) is 0 Å². The summed E-state index contributed by atoms with van der Waals surface area (Å²) in [5, 5.41) is 12.6. The molecule has 0 heterocycles. The van der Waals surface area contributed by atoms with Crippen molar-refractivity contribution in [2.45, 2.75) is 0 Å². The van der Waals surface area contributed by atoms with E-state index in [0.29, 0.717) is 0 Å². The van der Waals surface area contributed by atoms with Gasteiger partial charge in [-0.25, -0.2) is 0 Å². The van der Waals surface area contributed by atoms with Crippen LogP contribution in [-0.4, -0.2) is 0 Å². The average molecular weight is 496 g/mol. The van der Waals surface area contributed by atoms with Gasteiger partial charge in [0, 0.05) is 17.1 Å². The molecule has 0 aliphatic heterocycles. The highest BCUT2D eigenvalue weighted by atomic mass is 15.1. The van der Waals surface area contributed by atoms with Crippen molar-refractivity contribution in [3.8, 4) is 0 Å². The topological polar surface area (TPSA) is 3.24 Å². The van der Waals surface area contributed by atoms with Gasteiger partial charge >= 0.3 is 0 Å². The summed E-state index contributed by atoms with van der Waals surface area (Å²) in [6.07, 6.45) is 0. The second kappa shape index (κ2) is 8.72. The molecule has 0 aliphatic rings. The van der Waals surface area contributed by atoms with Crippen LogP contribution in [0.4, 0.5) is 17.1 Å². The van der Waals surface area contributed by atoms with Crippen LogP contribution in [0.25, 0.3) is 53.9 Å². The van der Waals surface area contributed by atoms with Crippen LogP contribution in [0, 0.1) is 0 Å². The monoisotopic (exact) mass is 495 g/mol. The van der Waals surface area contributed by atoms with Crippen molar-refractivity contribution < 1.29 is 0 Å². The number of rotatable bonds is 3. The Morgan fingerprint density at radius 1 is 0.256 bits per heavy atom. The Balaban J connectivity index is 1.39. The Labute approximate surface area is 227 Å². The summed E-state index contributed by atoms with van der Waals surface area (Å²) in [5.41, 5.74) is 3.44. The van der Waals surface area contributed by atoms with Gasteiger partial charge in [0.1, 0.15) is 0 Å². The van der Waals surface area contributed by atoms with E-state index in [1.54, 1.807) is 0 Å². The summed E-state index contributed by atoms with van der Waals surface area (Å²) in [4.78, 5) is 2.39. The van der Waals surface area contributed by atoms with Crippen LogP contribution < -0.4 is 4.90 Å². The van der Waals surface area contributed by atoms with Gasteiger partial charge in [-0.2, -0.15) is 0 Å². The molecule has 1 heteroatoms. The van der Waals surface area contributed by atoms with Crippen LogP contribution in [0.2, 0.25) is 0 Å². The van der Waals surface area contributed by atoms with Gasteiger partial charge in [0.05, 0.1) is 0 Å². The van der Waals surface area contributed by atoms with Crippen molar-refractivity contribution in [3.05, 3.63) is 152 Å². The molecule has 1 nitrogen and oxygen atoms in total. The first-order valence-corrected chi connectivity index (χ1v) is 13.4. The fraction of sp³-hybridized carbons (Fsp3) is 0. The smallest absolute Gasteiger partial charge is 0.0468 e.